The predicted molar refractivity (Wildman–Crippen MR) is 75.7 cm³/mol. The van der Waals surface area contributed by atoms with Gasteiger partial charge in [0.2, 0.25) is 5.91 Å². The zero-order valence-electron chi connectivity index (χ0n) is 9.22. The third kappa shape index (κ3) is 5.35. The van der Waals surface area contributed by atoms with Crippen molar-refractivity contribution in [3.8, 4) is 0 Å². The average Bonchev–Trinajstić information content (AvgIpc) is 2.14. The van der Waals surface area contributed by atoms with Crippen LogP contribution < -0.4 is 10.6 Å². The summed E-state index contributed by atoms with van der Waals surface area (Å²) in [6.07, 6.45) is 1.22. The highest BCUT2D eigenvalue weighted by Crippen LogP contribution is 2.22. The van der Waals surface area contributed by atoms with Crippen molar-refractivity contribution in [1.29, 1.82) is 0 Å². The van der Waals surface area contributed by atoms with Gasteiger partial charge >= 0.3 is 0 Å². The number of anilines is 1. The molecule has 0 radical (unpaired) electrons. The standard InChI is InChI=1S/C11H12Cl2N2OS/c1-2-3-10(16)15-11(17)14-9-5-7(12)4-8(13)6-9/h4-6H,2-3H2,1H3,(H2,14,15,16,17). The lowest BCUT2D eigenvalue weighted by atomic mass is 10.3. The number of carbonyl (C=O) groups is 1. The molecule has 1 aromatic carbocycles. The van der Waals surface area contributed by atoms with Gasteiger partial charge in [-0.15, -0.1) is 0 Å². The fourth-order valence-corrected chi connectivity index (χ4v) is 1.96. The SMILES string of the molecule is CCCC(=O)NC(=S)Nc1cc(Cl)cc(Cl)c1. The molecule has 0 saturated carbocycles. The summed E-state index contributed by atoms with van der Waals surface area (Å²) < 4.78 is 0. The first-order valence-electron chi connectivity index (χ1n) is 5.08. The Labute approximate surface area is 115 Å². The lowest BCUT2D eigenvalue weighted by Crippen LogP contribution is -2.33. The van der Waals surface area contributed by atoms with E-state index in [2.05, 4.69) is 10.6 Å². The van der Waals surface area contributed by atoms with Crippen molar-refractivity contribution in [2.24, 2.45) is 0 Å². The maximum Gasteiger partial charge on any atom is 0.226 e. The van der Waals surface area contributed by atoms with Crippen LogP contribution in [0.5, 0.6) is 0 Å². The molecule has 0 spiro atoms. The van der Waals surface area contributed by atoms with Crippen LogP contribution in [0.15, 0.2) is 18.2 Å². The van der Waals surface area contributed by atoms with Crippen LogP contribution in [0.2, 0.25) is 10.0 Å². The Balaban J connectivity index is 2.59. The highest BCUT2D eigenvalue weighted by molar-refractivity contribution is 7.80. The molecule has 1 rings (SSSR count). The molecule has 0 bridgehead atoms. The van der Waals surface area contributed by atoms with E-state index in [9.17, 15) is 4.79 Å². The second-order valence-electron chi connectivity index (χ2n) is 3.41. The Morgan fingerprint density at radius 1 is 1.29 bits per heavy atom. The molecule has 0 aliphatic heterocycles. The van der Waals surface area contributed by atoms with Crippen molar-refractivity contribution in [3.05, 3.63) is 28.2 Å². The molecular formula is C11H12Cl2N2OS. The van der Waals surface area contributed by atoms with Crippen molar-refractivity contribution in [1.82, 2.24) is 5.32 Å². The van der Waals surface area contributed by atoms with Gasteiger partial charge in [-0.3, -0.25) is 4.79 Å². The molecule has 0 aromatic heterocycles. The first-order chi connectivity index (χ1) is 8.01. The van der Waals surface area contributed by atoms with Gasteiger partial charge < -0.3 is 10.6 Å². The van der Waals surface area contributed by atoms with Crippen molar-refractivity contribution < 1.29 is 4.79 Å². The Bertz CT molecular complexity index is 417. The maximum absolute atomic E-state index is 11.3. The summed E-state index contributed by atoms with van der Waals surface area (Å²) >= 11 is 16.7. The number of benzene rings is 1. The van der Waals surface area contributed by atoms with E-state index in [4.69, 9.17) is 35.4 Å². The quantitative estimate of drug-likeness (QED) is 0.836. The van der Waals surface area contributed by atoms with Gasteiger partial charge in [-0.05, 0) is 36.8 Å². The van der Waals surface area contributed by atoms with E-state index in [0.29, 0.717) is 22.2 Å². The van der Waals surface area contributed by atoms with Gasteiger partial charge in [0.05, 0.1) is 0 Å². The van der Waals surface area contributed by atoms with E-state index in [1.54, 1.807) is 18.2 Å². The number of hydrogen-bond acceptors (Lipinski definition) is 2. The second-order valence-corrected chi connectivity index (χ2v) is 4.69. The van der Waals surface area contributed by atoms with Crippen LogP contribution >= 0.6 is 35.4 Å². The summed E-state index contributed by atoms with van der Waals surface area (Å²) in [5.74, 6) is -0.113. The van der Waals surface area contributed by atoms with Gasteiger partial charge in [-0.2, -0.15) is 0 Å². The number of nitrogens with one attached hydrogen (secondary N) is 2. The molecule has 1 aromatic rings. The van der Waals surface area contributed by atoms with Crippen LogP contribution in [0.1, 0.15) is 19.8 Å². The van der Waals surface area contributed by atoms with Crippen LogP contribution in [0.25, 0.3) is 0 Å². The van der Waals surface area contributed by atoms with E-state index >= 15 is 0 Å². The molecule has 0 heterocycles. The Morgan fingerprint density at radius 3 is 2.41 bits per heavy atom. The first-order valence-corrected chi connectivity index (χ1v) is 6.24. The molecule has 0 unspecified atom stereocenters. The average molecular weight is 291 g/mol. The first kappa shape index (κ1) is 14.2. The molecule has 0 fully saturated rings. The Hall–Kier alpha value is -0.840. The number of hydrogen-bond donors (Lipinski definition) is 2. The minimum Gasteiger partial charge on any atom is -0.332 e. The highest BCUT2D eigenvalue weighted by Gasteiger charge is 2.04. The Morgan fingerprint density at radius 2 is 1.88 bits per heavy atom. The molecule has 92 valence electrons. The van der Waals surface area contributed by atoms with E-state index in [-0.39, 0.29) is 11.0 Å². The summed E-state index contributed by atoms with van der Waals surface area (Å²) in [7, 11) is 0. The lowest BCUT2D eigenvalue weighted by Gasteiger charge is -2.09. The van der Waals surface area contributed by atoms with Gasteiger partial charge in [0, 0.05) is 22.2 Å². The van der Waals surface area contributed by atoms with E-state index in [1.807, 2.05) is 6.92 Å². The molecule has 0 aliphatic rings. The number of amides is 1. The molecular weight excluding hydrogens is 279 g/mol. The number of carbonyl (C=O) groups excluding carboxylic acids is 1. The third-order valence-electron chi connectivity index (χ3n) is 1.85. The van der Waals surface area contributed by atoms with Gasteiger partial charge in [-0.25, -0.2) is 0 Å². The van der Waals surface area contributed by atoms with E-state index in [0.717, 1.165) is 6.42 Å². The molecule has 6 heteroatoms. The highest BCUT2D eigenvalue weighted by atomic mass is 35.5. The number of halogens is 2. The topological polar surface area (TPSA) is 41.1 Å². The molecule has 0 saturated heterocycles. The van der Waals surface area contributed by atoms with Crippen molar-refractivity contribution >= 4 is 52.1 Å². The van der Waals surface area contributed by atoms with E-state index in [1.165, 1.54) is 0 Å². The fourth-order valence-electron chi connectivity index (χ4n) is 1.20. The molecule has 1 amide bonds. The monoisotopic (exact) mass is 290 g/mol. The van der Waals surface area contributed by atoms with Crippen molar-refractivity contribution in [3.63, 3.8) is 0 Å². The van der Waals surface area contributed by atoms with Gasteiger partial charge in [0.25, 0.3) is 0 Å². The molecule has 2 N–H and O–H groups in total. The molecule has 0 aliphatic carbocycles. The molecule has 0 atom stereocenters. The van der Waals surface area contributed by atoms with Crippen LogP contribution in [0, 0.1) is 0 Å². The van der Waals surface area contributed by atoms with Crippen molar-refractivity contribution in [2.45, 2.75) is 19.8 Å². The summed E-state index contributed by atoms with van der Waals surface area (Å²) in [6.45, 7) is 1.92. The molecule has 17 heavy (non-hydrogen) atoms. The lowest BCUT2D eigenvalue weighted by molar-refractivity contribution is -0.119. The van der Waals surface area contributed by atoms with Crippen molar-refractivity contribution in [2.75, 3.05) is 5.32 Å². The van der Waals surface area contributed by atoms with E-state index < -0.39 is 0 Å². The van der Waals surface area contributed by atoms with Crippen LogP contribution in [-0.2, 0) is 4.79 Å². The maximum atomic E-state index is 11.3. The van der Waals surface area contributed by atoms with Gasteiger partial charge in [-0.1, -0.05) is 30.1 Å². The van der Waals surface area contributed by atoms with Crippen LogP contribution in [0.3, 0.4) is 0 Å². The second kappa shape index (κ2) is 6.79. The van der Waals surface area contributed by atoms with Crippen LogP contribution in [-0.4, -0.2) is 11.0 Å². The predicted octanol–water partition coefficient (Wildman–Crippen LogP) is 3.61. The summed E-state index contributed by atoms with van der Waals surface area (Å²) in [5.41, 5.74) is 0.643. The Kier molecular flexibility index (Phi) is 5.68. The van der Waals surface area contributed by atoms with Crippen LogP contribution in [0.4, 0.5) is 5.69 Å². The zero-order valence-corrected chi connectivity index (χ0v) is 11.5. The van der Waals surface area contributed by atoms with Gasteiger partial charge in [0.1, 0.15) is 0 Å². The smallest absolute Gasteiger partial charge is 0.226 e. The summed E-state index contributed by atoms with van der Waals surface area (Å²) in [5, 5.41) is 6.65. The normalized spacial score (nSPS) is 9.82. The number of rotatable bonds is 3. The van der Waals surface area contributed by atoms with Gasteiger partial charge in [0.15, 0.2) is 5.11 Å². The largest absolute Gasteiger partial charge is 0.332 e. The number of thiocarbonyl (C=S) groups is 1. The fraction of sp³-hybridized carbons (Fsp3) is 0.273. The summed E-state index contributed by atoms with van der Waals surface area (Å²) in [6, 6.07) is 4.96. The minimum absolute atomic E-state index is 0.113. The molecule has 3 nitrogen and oxygen atoms in total. The minimum atomic E-state index is -0.113. The third-order valence-corrected chi connectivity index (χ3v) is 2.49. The summed E-state index contributed by atoms with van der Waals surface area (Å²) in [4.78, 5) is 11.3. The zero-order chi connectivity index (χ0) is 12.8.